The molecule has 0 spiro atoms. The largest absolute Gasteiger partial charge is 0.496 e. The molecule has 0 N–H and O–H groups in total. The van der Waals surface area contributed by atoms with E-state index in [9.17, 15) is 4.79 Å². The monoisotopic (exact) mass is 290 g/mol. The van der Waals surface area contributed by atoms with Crippen molar-refractivity contribution in [3.05, 3.63) is 35.3 Å². The molecule has 1 heterocycles. The summed E-state index contributed by atoms with van der Waals surface area (Å²) in [4.78, 5) is 18.3. The highest BCUT2D eigenvalue weighted by molar-refractivity contribution is 7.13. The van der Waals surface area contributed by atoms with Gasteiger partial charge in [0.05, 0.1) is 12.7 Å². The number of benzene rings is 1. The number of nitrogens with zero attached hydrogens (tertiary/aromatic N) is 2. The van der Waals surface area contributed by atoms with Gasteiger partial charge in [0.15, 0.2) is 0 Å². The Labute approximate surface area is 123 Å². The summed E-state index contributed by atoms with van der Waals surface area (Å²) in [5.74, 6) is 0.704. The van der Waals surface area contributed by atoms with E-state index in [0.29, 0.717) is 5.69 Å². The Bertz CT molecular complexity index is 607. The van der Waals surface area contributed by atoms with E-state index in [1.165, 1.54) is 11.3 Å². The van der Waals surface area contributed by atoms with E-state index in [4.69, 9.17) is 4.74 Å². The summed E-state index contributed by atoms with van der Waals surface area (Å²) in [6, 6.07) is 7.82. The molecule has 2 rings (SSSR count). The van der Waals surface area contributed by atoms with Crippen LogP contribution in [0.2, 0.25) is 0 Å². The van der Waals surface area contributed by atoms with Gasteiger partial charge >= 0.3 is 0 Å². The molecule has 0 aliphatic rings. The van der Waals surface area contributed by atoms with E-state index < -0.39 is 0 Å². The van der Waals surface area contributed by atoms with Crippen molar-refractivity contribution in [2.45, 2.75) is 19.9 Å². The molecule has 20 heavy (non-hydrogen) atoms. The predicted octanol–water partition coefficient (Wildman–Crippen LogP) is 3.30. The summed E-state index contributed by atoms with van der Waals surface area (Å²) >= 11 is 1.45. The molecule has 0 saturated heterocycles. The molecule has 0 atom stereocenters. The third kappa shape index (κ3) is 2.82. The Balaban J connectivity index is 2.32. The zero-order valence-electron chi connectivity index (χ0n) is 12.1. The summed E-state index contributed by atoms with van der Waals surface area (Å²) in [6.45, 7) is 3.96. The number of hydrogen-bond donors (Lipinski definition) is 0. The highest BCUT2D eigenvalue weighted by Gasteiger charge is 2.18. The third-order valence-electron chi connectivity index (χ3n) is 3.16. The van der Waals surface area contributed by atoms with E-state index in [1.54, 1.807) is 24.4 Å². The van der Waals surface area contributed by atoms with Crippen LogP contribution in [0.5, 0.6) is 5.75 Å². The smallest absolute Gasteiger partial charge is 0.273 e. The average molecular weight is 290 g/mol. The second-order valence-electron chi connectivity index (χ2n) is 4.75. The fourth-order valence-electron chi connectivity index (χ4n) is 1.73. The van der Waals surface area contributed by atoms with E-state index in [2.05, 4.69) is 4.98 Å². The molecule has 0 aliphatic heterocycles. The maximum Gasteiger partial charge on any atom is 0.273 e. The predicted molar refractivity (Wildman–Crippen MR) is 81.3 cm³/mol. The van der Waals surface area contributed by atoms with Crippen LogP contribution < -0.4 is 4.74 Å². The summed E-state index contributed by atoms with van der Waals surface area (Å²) in [5.41, 5.74) is 1.39. The maximum absolute atomic E-state index is 12.2. The van der Waals surface area contributed by atoms with Gasteiger partial charge in [0.25, 0.3) is 5.91 Å². The Morgan fingerprint density at radius 1 is 1.35 bits per heavy atom. The number of aromatic nitrogens is 1. The summed E-state index contributed by atoms with van der Waals surface area (Å²) in [6.07, 6.45) is 0. The Morgan fingerprint density at radius 3 is 2.70 bits per heavy atom. The van der Waals surface area contributed by atoms with Crippen LogP contribution in [0.4, 0.5) is 0 Å². The molecule has 1 amide bonds. The van der Waals surface area contributed by atoms with Crippen LogP contribution in [-0.2, 0) is 0 Å². The van der Waals surface area contributed by atoms with Crippen molar-refractivity contribution in [2.75, 3.05) is 14.2 Å². The normalized spacial score (nSPS) is 10.7. The van der Waals surface area contributed by atoms with Crippen molar-refractivity contribution < 1.29 is 9.53 Å². The lowest BCUT2D eigenvalue weighted by atomic mass is 10.2. The van der Waals surface area contributed by atoms with Crippen molar-refractivity contribution >= 4 is 17.2 Å². The molecule has 5 heteroatoms. The van der Waals surface area contributed by atoms with Crippen molar-refractivity contribution in [2.24, 2.45) is 0 Å². The van der Waals surface area contributed by atoms with Gasteiger partial charge in [0.2, 0.25) is 0 Å². The van der Waals surface area contributed by atoms with Crippen molar-refractivity contribution in [3.63, 3.8) is 0 Å². The topological polar surface area (TPSA) is 42.4 Å². The number of carbonyl (C=O) groups excluding carboxylic acids is 1. The van der Waals surface area contributed by atoms with Crippen LogP contribution >= 0.6 is 11.3 Å². The van der Waals surface area contributed by atoms with Crippen LogP contribution in [0, 0.1) is 0 Å². The van der Waals surface area contributed by atoms with Crippen LogP contribution in [0.25, 0.3) is 10.6 Å². The van der Waals surface area contributed by atoms with Crippen LogP contribution in [-0.4, -0.2) is 36.0 Å². The van der Waals surface area contributed by atoms with Gasteiger partial charge in [-0.15, -0.1) is 11.3 Å². The Kier molecular flexibility index (Phi) is 4.39. The Morgan fingerprint density at radius 2 is 2.05 bits per heavy atom. The van der Waals surface area contributed by atoms with Gasteiger partial charge in [-0.05, 0) is 26.0 Å². The lowest BCUT2D eigenvalue weighted by molar-refractivity contribution is 0.0750. The summed E-state index contributed by atoms with van der Waals surface area (Å²) < 4.78 is 5.33. The number of rotatable bonds is 4. The number of thiazole rings is 1. The molecule has 0 bridgehead atoms. The molecule has 1 aromatic heterocycles. The molecular formula is C15H18N2O2S. The van der Waals surface area contributed by atoms with E-state index in [0.717, 1.165) is 16.3 Å². The molecular weight excluding hydrogens is 272 g/mol. The molecule has 106 valence electrons. The van der Waals surface area contributed by atoms with Crippen molar-refractivity contribution in [1.29, 1.82) is 0 Å². The molecule has 4 nitrogen and oxygen atoms in total. The highest BCUT2D eigenvalue weighted by atomic mass is 32.1. The lowest BCUT2D eigenvalue weighted by Crippen LogP contribution is -2.33. The first-order valence-electron chi connectivity index (χ1n) is 6.40. The highest BCUT2D eigenvalue weighted by Crippen LogP contribution is 2.32. The average Bonchev–Trinajstić information content (AvgIpc) is 2.95. The number of para-hydroxylation sites is 1. The zero-order chi connectivity index (χ0) is 14.7. The first-order chi connectivity index (χ1) is 9.54. The first kappa shape index (κ1) is 14.5. The van der Waals surface area contributed by atoms with E-state index in [-0.39, 0.29) is 11.9 Å². The minimum absolute atomic E-state index is 0.0580. The second kappa shape index (κ2) is 6.05. The first-order valence-corrected chi connectivity index (χ1v) is 7.28. The Hall–Kier alpha value is -1.88. The van der Waals surface area contributed by atoms with E-state index >= 15 is 0 Å². The zero-order valence-corrected chi connectivity index (χ0v) is 12.9. The summed E-state index contributed by atoms with van der Waals surface area (Å²) in [5, 5.41) is 2.59. The van der Waals surface area contributed by atoms with Crippen molar-refractivity contribution in [3.8, 4) is 16.3 Å². The van der Waals surface area contributed by atoms with Gasteiger partial charge in [-0.25, -0.2) is 4.98 Å². The standard InChI is InChI=1S/C15H18N2O2S/c1-10(2)17(3)15(18)12-9-20-14(16-12)11-7-5-6-8-13(11)19-4/h5-10H,1-4H3. The molecule has 1 aromatic carbocycles. The second-order valence-corrected chi connectivity index (χ2v) is 5.61. The van der Waals surface area contributed by atoms with Gasteiger partial charge < -0.3 is 9.64 Å². The van der Waals surface area contributed by atoms with Crippen LogP contribution in [0.3, 0.4) is 0 Å². The lowest BCUT2D eigenvalue weighted by Gasteiger charge is -2.20. The van der Waals surface area contributed by atoms with Gasteiger partial charge in [-0.1, -0.05) is 12.1 Å². The maximum atomic E-state index is 12.2. The van der Waals surface area contributed by atoms with Gasteiger partial charge in [-0.2, -0.15) is 0 Å². The molecule has 0 aliphatic carbocycles. The number of amides is 1. The molecule has 2 aromatic rings. The SMILES string of the molecule is COc1ccccc1-c1nc(C(=O)N(C)C(C)C)cs1. The fraction of sp³-hybridized carbons (Fsp3) is 0.333. The summed E-state index contributed by atoms with van der Waals surface area (Å²) in [7, 11) is 3.42. The van der Waals surface area contributed by atoms with Gasteiger partial charge in [-0.3, -0.25) is 4.79 Å². The number of carbonyl (C=O) groups is 1. The fourth-order valence-corrected chi connectivity index (χ4v) is 2.56. The number of hydrogen-bond acceptors (Lipinski definition) is 4. The van der Waals surface area contributed by atoms with Crippen LogP contribution in [0.1, 0.15) is 24.3 Å². The molecule has 0 unspecified atom stereocenters. The van der Waals surface area contributed by atoms with Gasteiger partial charge in [0, 0.05) is 18.5 Å². The van der Waals surface area contributed by atoms with Crippen molar-refractivity contribution in [1.82, 2.24) is 9.88 Å². The third-order valence-corrected chi connectivity index (χ3v) is 4.03. The van der Waals surface area contributed by atoms with E-state index in [1.807, 2.05) is 38.1 Å². The van der Waals surface area contributed by atoms with Gasteiger partial charge in [0.1, 0.15) is 16.5 Å². The molecule has 0 fully saturated rings. The number of methoxy groups -OCH3 is 1. The molecule has 0 saturated carbocycles. The quantitative estimate of drug-likeness (QED) is 0.867. The van der Waals surface area contributed by atoms with Crippen LogP contribution in [0.15, 0.2) is 29.6 Å². The molecule has 0 radical (unpaired) electrons. The minimum Gasteiger partial charge on any atom is -0.496 e. The minimum atomic E-state index is -0.0580. The number of ether oxygens (including phenoxy) is 1.